The predicted octanol–water partition coefficient (Wildman–Crippen LogP) is 4.62. The normalized spacial score (nSPS) is 10.2. The fraction of sp³-hybridized carbons (Fsp3) is 0.0769. The van der Waals surface area contributed by atoms with Crippen LogP contribution in [0.3, 0.4) is 0 Å². The molecule has 98 valence electrons. The highest BCUT2D eigenvalue weighted by Crippen LogP contribution is 2.27. The van der Waals surface area contributed by atoms with Crippen molar-refractivity contribution in [3.05, 3.63) is 67.6 Å². The van der Waals surface area contributed by atoms with Crippen LogP contribution in [0.25, 0.3) is 0 Å². The number of nitro groups is 1. The Hall–Kier alpha value is -1.59. The van der Waals surface area contributed by atoms with Gasteiger partial charge in [-0.3, -0.25) is 10.1 Å². The number of nitrogens with zero attached hydrogens (tertiary/aromatic N) is 1. The van der Waals surface area contributed by atoms with Crippen LogP contribution in [-0.4, -0.2) is 4.92 Å². The summed E-state index contributed by atoms with van der Waals surface area (Å²) in [5.74, 6) is 0. The van der Waals surface area contributed by atoms with Gasteiger partial charge >= 0.3 is 0 Å². The third-order valence-corrected chi connectivity index (χ3v) is 3.42. The summed E-state index contributed by atoms with van der Waals surface area (Å²) >= 11 is 9.36. The van der Waals surface area contributed by atoms with Gasteiger partial charge < -0.3 is 5.32 Å². The van der Waals surface area contributed by atoms with Crippen LogP contribution < -0.4 is 5.32 Å². The van der Waals surface area contributed by atoms with E-state index in [1.807, 2.05) is 24.3 Å². The summed E-state index contributed by atoms with van der Waals surface area (Å²) in [6, 6.07) is 12.1. The molecular formula is C13H10BrClN2O2. The van der Waals surface area contributed by atoms with Crippen LogP contribution >= 0.6 is 27.5 Å². The van der Waals surface area contributed by atoms with Gasteiger partial charge in [0.2, 0.25) is 0 Å². The summed E-state index contributed by atoms with van der Waals surface area (Å²) in [5, 5.41) is 14.3. The Morgan fingerprint density at radius 2 is 1.89 bits per heavy atom. The average molecular weight is 342 g/mol. The quantitative estimate of drug-likeness (QED) is 0.652. The van der Waals surface area contributed by atoms with Crippen molar-refractivity contribution in [3.8, 4) is 0 Å². The fourth-order valence-electron chi connectivity index (χ4n) is 1.56. The van der Waals surface area contributed by atoms with Crippen molar-refractivity contribution in [1.82, 2.24) is 0 Å². The van der Waals surface area contributed by atoms with E-state index in [-0.39, 0.29) is 5.69 Å². The molecule has 0 unspecified atom stereocenters. The molecule has 0 atom stereocenters. The van der Waals surface area contributed by atoms with Crippen molar-refractivity contribution in [2.45, 2.75) is 6.54 Å². The molecule has 0 bridgehead atoms. The van der Waals surface area contributed by atoms with E-state index >= 15 is 0 Å². The minimum atomic E-state index is -0.443. The molecule has 4 nitrogen and oxygen atoms in total. The molecule has 2 aromatic carbocycles. The first-order chi connectivity index (χ1) is 9.06. The van der Waals surface area contributed by atoms with Crippen molar-refractivity contribution in [2.75, 3.05) is 5.32 Å². The lowest BCUT2D eigenvalue weighted by atomic mass is 10.2. The van der Waals surface area contributed by atoms with E-state index in [0.717, 1.165) is 10.0 Å². The molecule has 19 heavy (non-hydrogen) atoms. The van der Waals surface area contributed by atoms with Gasteiger partial charge in [0.15, 0.2) is 0 Å². The zero-order valence-corrected chi connectivity index (χ0v) is 12.1. The van der Waals surface area contributed by atoms with Crippen molar-refractivity contribution in [3.63, 3.8) is 0 Å². The minimum absolute atomic E-state index is 0.0164. The summed E-state index contributed by atoms with van der Waals surface area (Å²) in [6.07, 6.45) is 0. The third kappa shape index (κ3) is 3.68. The monoisotopic (exact) mass is 340 g/mol. The molecule has 0 heterocycles. The number of non-ortho nitro benzene ring substituents is 1. The van der Waals surface area contributed by atoms with Crippen LogP contribution in [0.5, 0.6) is 0 Å². The highest BCUT2D eigenvalue weighted by atomic mass is 79.9. The Balaban J connectivity index is 2.12. The first kappa shape index (κ1) is 13.8. The maximum Gasteiger partial charge on any atom is 0.271 e. The van der Waals surface area contributed by atoms with E-state index in [4.69, 9.17) is 11.6 Å². The largest absolute Gasteiger partial charge is 0.380 e. The Labute approximate surface area is 123 Å². The molecule has 0 fully saturated rings. The number of anilines is 1. The summed E-state index contributed by atoms with van der Waals surface area (Å²) in [4.78, 5) is 10.3. The molecule has 6 heteroatoms. The maximum absolute atomic E-state index is 10.7. The molecule has 0 saturated carbocycles. The summed E-state index contributed by atoms with van der Waals surface area (Å²) in [6.45, 7) is 0.550. The van der Waals surface area contributed by atoms with Gasteiger partial charge in [-0.1, -0.05) is 39.7 Å². The molecule has 2 rings (SSSR count). The summed E-state index contributed by atoms with van der Waals surface area (Å²) < 4.78 is 1.00. The fourth-order valence-corrected chi connectivity index (χ4v) is 2.01. The summed E-state index contributed by atoms with van der Waals surface area (Å²) in [5.41, 5.74) is 1.63. The number of halogens is 2. The third-order valence-electron chi connectivity index (χ3n) is 2.56. The van der Waals surface area contributed by atoms with E-state index in [2.05, 4.69) is 21.2 Å². The second-order valence-corrected chi connectivity index (χ2v) is 5.22. The van der Waals surface area contributed by atoms with Crippen LogP contribution in [0.15, 0.2) is 46.9 Å². The zero-order chi connectivity index (χ0) is 13.8. The van der Waals surface area contributed by atoms with E-state index in [0.29, 0.717) is 17.3 Å². The highest BCUT2D eigenvalue weighted by Gasteiger charge is 2.09. The van der Waals surface area contributed by atoms with Crippen molar-refractivity contribution in [2.24, 2.45) is 0 Å². The molecule has 0 amide bonds. The number of rotatable bonds is 4. The van der Waals surface area contributed by atoms with E-state index in [9.17, 15) is 10.1 Å². The SMILES string of the molecule is O=[N+]([O-])c1ccc(Cl)c(NCc2ccc(Br)cc2)c1. The average Bonchev–Trinajstić information content (AvgIpc) is 2.39. The van der Waals surface area contributed by atoms with E-state index in [1.165, 1.54) is 18.2 Å². The van der Waals surface area contributed by atoms with Gasteiger partial charge in [-0.2, -0.15) is 0 Å². The molecule has 0 saturated heterocycles. The zero-order valence-electron chi connectivity index (χ0n) is 9.77. The lowest BCUT2D eigenvalue weighted by Crippen LogP contribution is -2.00. The number of hydrogen-bond acceptors (Lipinski definition) is 3. The molecule has 2 aromatic rings. The standard InChI is InChI=1S/C13H10BrClN2O2/c14-10-3-1-9(2-4-10)8-16-13-7-11(17(18)19)5-6-12(13)15/h1-7,16H,8H2. The molecule has 0 spiro atoms. The smallest absolute Gasteiger partial charge is 0.271 e. The number of nitro benzene ring substituents is 1. The van der Waals surface area contributed by atoms with Gasteiger partial charge in [-0.25, -0.2) is 0 Å². The van der Waals surface area contributed by atoms with Crippen LogP contribution in [-0.2, 0) is 6.54 Å². The second-order valence-electron chi connectivity index (χ2n) is 3.90. The molecule has 0 aromatic heterocycles. The number of nitrogens with one attached hydrogen (secondary N) is 1. The maximum atomic E-state index is 10.7. The molecule has 0 aliphatic rings. The Kier molecular flexibility index (Phi) is 4.39. The molecule has 0 radical (unpaired) electrons. The summed E-state index contributed by atoms with van der Waals surface area (Å²) in [7, 11) is 0. The lowest BCUT2D eigenvalue weighted by molar-refractivity contribution is -0.384. The Morgan fingerprint density at radius 3 is 2.53 bits per heavy atom. The van der Waals surface area contributed by atoms with Gasteiger partial charge in [0, 0.05) is 23.2 Å². The van der Waals surface area contributed by atoms with Gasteiger partial charge in [-0.05, 0) is 23.8 Å². The van der Waals surface area contributed by atoms with E-state index in [1.54, 1.807) is 0 Å². The van der Waals surface area contributed by atoms with Gasteiger partial charge in [-0.15, -0.1) is 0 Å². The van der Waals surface area contributed by atoms with Crippen LogP contribution in [0.1, 0.15) is 5.56 Å². The molecule has 0 aliphatic carbocycles. The lowest BCUT2D eigenvalue weighted by Gasteiger charge is -2.08. The van der Waals surface area contributed by atoms with Crippen molar-refractivity contribution in [1.29, 1.82) is 0 Å². The second kappa shape index (κ2) is 6.04. The van der Waals surface area contributed by atoms with Crippen molar-refractivity contribution < 1.29 is 4.92 Å². The Morgan fingerprint density at radius 1 is 1.21 bits per heavy atom. The van der Waals surface area contributed by atoms with Crippen LogP contribution in [0.2, 0.25) is 5.02 Å². The topological polar surface area (TPSA) is 55.2 Å². The molecule has 0 aliphatic heterocycles. The first-order valence-electron chi connectivity index (χ1n) is 5.48. The van der Waals surface area contributed by atoms with Crippen LogP contribution in [0.4, 0.5) is 11.4 Å². The first-order valence-corrected chi connectivity index (χ1v) is 6.65. The molecular weight excluding hydrogens is 332 g/mol. The number of benzene rings is 2. The minimum Gasteiger partial charge on any atom is -0.380 e. The van der Waals surface area contributed by atoms with Crippen molar-refractivity contribution >= 4 is 38.9 Å². The predicted molar refractivity (Wildman–Crippen MR) is 79.6 cm³/mol. The van der Waals surface area contributed by atoms with Gasteiger partial charge in [0.25, 0.3) is 5.69 Å². The Bertz CT molecular complexity index is 602. The van der Waals surface area contributed by atoms with Gasteiger partial charge in [0.1, 0.15) is 0 Å². The van der Waals surface area contributed by atoms with Crippen LogP contribution in [0, 0.1) is 10.1 Å². The van der Waals surface area contributed by atoms with Gasteiger partial charge in [0.05, 0.1) is 15.6 Å². The molecule has 1 N–H and O–H groups in total. The highest BCUT2D eigenvalue weighted by molar-refractivity contribution is 9.10. The number of hydrogen-bond donors (Lipinski definition) is 1. The van der Waals surface area contributed by atoms with E-state index < -0.39 is 4.92 Å².